The van der Waals surface area contributed by atoms with E-state index in [4.69, 9.17) is 0 Å². The van der Waals surface area contributed by atoms with E-state index < -0.39 is 0 Å². The van der Waals surface area contributed by atoms with Crippen molar-refractivity contribution in [2.24, 2.45) is 0 Å². The van der Waals surface area contributed by atoms with Crippen LogP contribution in [0.25, 0.3) is 5.69 Å². The van der Waals surface area contributed by atoms with Gasteiger partial charge in [-0.1, -0.05) is 17.8 Å². The minimum absolute atomic E-state index is 0.218. The van der Waals surface area contributed by atoms with Crippen LogP contribution in [0.4, 0.5) is 4.39 Å². The molecule has 82 valence electrons. The Hall–Kier alpha value is -1.62. The van der Waals surface area contributed by atoms with Crippen LogP contribution in [0.1, 0.15) is 0 Å². The molecule has 0 aliphatic rings. The smallest absolute Gasteiger partial charge is 0.258 e. The quantitative estimate of drug-likeness (QED) is 0.591. The second kappa shape index (κ2) is 4.49. The summed E-state index contributed by atoms with van der Waals surface area (Å²) >= 11 is 1.34. The minimum Gasteiger partial charge on any atom is -0.269 e. The zero-order valence-corrected chi connectivity index (χ0v) is 9.37. The van der Waals surface area contributed by atoms with Crippen molar-refractivity contribution in [2.75, 3.05) is 6.26 Å². The molecule has 0 radical (unpaired) electrons. The van der Waals surface area contributed by atoms with Gasteiger partial charge in [-0.15, -0.1) is 0 Å². The Kier molecular flexibility index (Phi) is 3.05. The van der Waals surface area contributed by atoms with Crippen molar-refractivity contribution in [3.63, 3.8) is 0 Å². The van der Waals surface area contributed by atoms with E-state index in [0.29, 0.717) is 10.8 Å². The van der Waals surface area contributed by atoms with E-state index in [1.54, 1.807) is 12.1 Å². The van der Waals surface area contributed by atoms with E-state index >= 15 is 0 Å². The van der Waals surface area contributed by atoms with Crippen molar-refractivity contribution in [1.82, 2.24) is 9.55 Å². The van der Waals surface area contributed by atoms with E-state index in [1.807, 2.05) is 6.26 Å². The third-order valence-corrected chi connectivity index (χ3v) is 2.72. The Morgan fingerprint density at radius 1 is 1.38 bits per heavy atom. The first-order chi connectivity index (χ1) is 7.72. The van der Waals surface area contributed by atoms with Crippen LogP contribution in [-0.2, 0) is 0 Å². The molecule has 0 N–H and O–H groups in total. The van der Waals surface area contributed by atoms with Crippen LogP contribution in [0.2, 0.25) is 0 Å². The molecule has 5 heteroatoms. The summed E-state index contributed by atoms with van der Waals surface area (Å²) in [6.07, 6.45) is 3.27. The second-order valence-corrected chi connectivity index (χ2v) is 3.86. The molecule has 0 aliphatic heterocycles. The van der Waals surface area contributed by atoms with Gasteiger partial charge in [0.1, 0.15) is 5.82 Å². The summed E-state index contributed by atoms with van der Waals surface area (Å²) in [7, 11) is 0. The lowest BCUT2D eigenvalue weighted by Gasteiger charge is -2.08. The van der Waals surface area contributed by atoms with Crippen LogP contribution in [0.3, 0.4) is 0 Å². The number of hydrogen-bond acceptors (Lipinski definition) is 3. The lowest BCUT2D eigenvalue weighted by Crippen LogP contribution is -2.19. The van der Waals surface area contributed by atoms with Crippen molar-refractivity contribution >= 4 is 11.8 Å². The zero-order chi connectivity index (χ0) is 11.5. The molecule has 0 bridgehead atoms. The molecular weight excluding hydrogens is 227 g/mol. The fraction of sp³-hybridized carbons (Fsp3) is 0.0909. The van der Waals surface area contributed by atoms with Gasteiger partial charge in [-0.25, -0.2) is 9.37 Å². The van der Waals surface area contributed by atoms with Crippen LogP contribution in [0, 0.1) is 5.82 Å². The third kappa shape index (κ3) is 1.99. The molecule has 0 saturated heterocycles. The van der Waals surface area contributed by atoms with Crippen molar-refractivity contribution in [3.8, 4) is 5.69 Å². The molecule has 0 amide bonds. The lowest BCUT2D eigenvalue weighted by atomic mass is 10.3. The molecule has 3 nitrogen and oxygen atoms in total. The van der Waals surface area contributed by atoms with E-state index in [1.165, 1.54) is 40.7 Å². The Morgan fingerprint density at radius 3 is 2.88 bits per heavy atom. The highest BCUT2D eigenvalue weighted by Crippen LogP contribution is 2.15. The SMILES string of the molecule is CSc1nccc(=O)n1-c1cccc(F)c1. The number of nitrogens with zero attached hydrogens (tertiary/aromatic N) is 2. The van der Waals surface area contributed by atoms with Gasteiger partial charge in [-0.3, -0.25) is 9.36 Å². The molecular formula is C11H9FN2OS. The maximum atomic E-state index is 13.1. The lowest BCUT2D eigenvalue weighted by molar-refractivity contribution is 0.624. The first-order valence-corrected chi connectivity index (χ1v) is 5.83. The van der Waals surface area contributed by atoms with E-state index in [9.17, 15) is 9.18 Å². The molecule has 1 heterocycles. The summed E-state index contributed by atoms with van der Waals surface area (Å²) < 4.78 is 14.5. The molecule has 1 aromatic carbocycles. The van der Waals surface area contributed by atoms with Crippen molar-refractivity contribution < 1.29 is 4.39 Å². The van der Waals surface area contributed by atoms with Gasteiger partial charge in [-0.05, 0) is 24.5 Å². The van der Waals surface area contributed by atoms with Gasteiger partial charge < -0.3 is 0 Å². The molecule has 0 fully saturated rings. The highest BCUT2D eigenvalue weighted by atomic mass is 32.2. The largest absolute Gasteiger partial charge is 0.269 e. The number of halogens is 1. The van der Waals surface area contributed by atoms with Crippen LogP contribution < -0.4 is 5.56 Å². The monoisotopic (exact) mass is 236 g/mol. The number of hydrogen-bond donors (Lipinski definition) is 0. The van der Waals surface area contributed by atoms with Crippen molar-refractivity contribution in [3.05, 3.63) is 52.7 Å². The average molecular weight is 236 g/mol. The van der Waals surface area contributed by atoms with Gasteiger partial charge in [0.2, 0.25) is 0 Å². The van der Waals surface area contributed by atoms with Crippen molar-refractivity contribution in [1.29, 1.82) is 0 Å². The van der Waals surface area contributed by atoms with Crippen LogP contribution in [-0.4, -0.2) is 15.8 Å². The summed E-state index contributed by atoms with van der Waals surface area (Å²) in [6.45, 7) is 0. The summed E-state index contributed by atoms with van der Waals surface area (Å²) in [4.78, 5) is 15.8. The highest BCUT2D eigenvalue weighted by molar-refractivity contribution is 7.98. The van der Waals surface area contributed by atoms with Gasteiger partial charge in [-0.2, -0.15) is 0 Å². The first kappa shape index (κ1) is 10.9. The molecule has 0 spiro atoms. The Labute approximate surface area is 96.0 Å². The van der Waals surface area contributed by atoms with Crippen LogP contribution >= 0.6 is 11.8 Å². The van der Waals surface area contributed by atoms with Crippen molar-refractivity contribution in [2.45, 2.75) is 5.16 Å². The maximum Gasteiger partial charge on any atom is 0.258 e. The average Bonchev–Trinajstić information content (AvgIpc) is 2.28. The molecule has 0 unspecified atom stereocenters. The molecule has 1 aromatic heterocycles. The van der Waals surface area contributed by atoms with Crippen LogP contribution in [0.15, 0.2) is 46.5 Å². The topological polar surface area (TPSA) is 34.9 Å². The van der Waals surface area contributed by atoms with Gasteiger partial charge in [0.05, 0.1) is 5.69 Å². The predicted molar refractivity (Wildman–Crippen MR) is 61.6 cm³/mol. The van der Waals surface area contributed by atoms with Gasteiger partial charge in [0.15, 0.2) is 5.16 Å². The Bertz CT molecular complexity index is 568. The van der Waals surface area contributed by atoms with Gasteiger partial charge >= 0.3 is 0 Å². The van der Waals surface area contributed by atoms with Gasteiger partial charge in [0, 0.05) is 12.3 Å². The Balaban J connectivity index is 2.68. The molecule has 16 heavy (non-hydrogen) atoms. The minimum atomic E-state index is -0.375. The summed E-state index contributed by atoms with van der Waals surface area (Å²) in [5, 5.41) is 0.540. The van der Waals surface area contributed by atoms with E-state index in [-0.39, 0.29) is 11.4 Å². The summed E-state index contributed by atoms with van der Waals surface area (Å²) in [6, 6.07) is 7.23. The fourth-order valence-electron chi connectivity index (χ4n) is 1.39. The fourth-order valence-corrected chi connectivity index (χ4v) is 1.93. The number of aromatic nitrogens is 2. The summed E-state index contributed by atoms with van der Waals surface area (Å²) in [5.41, 5.74) is 0.271. The maximum absolute atomic E-state index is 13.1. The van der Waals surface area contributed by atoms with E-state index in [0.717, 1.165) is 0 Å². The zero-order valence-electron chi connectivity index (χ0n) is 8.55. The molecule has 2 rings (SSSR count). The van der Waals surface area contributed by atoms with Gasteiger partial charge in [0.25, 0.3) is 5.56 Å². The number of thioether (sulfide) groups is 1. The van der Waals surface area contributed by atoms with Crippen LogP contribution in [0.5, 0.6) is 0 Å². The number of rotatable bonds is 2. The highest BCUT2D eigenvalue weighted by Gasteiger charge is 2.06. The normalized spacial score (nSPS) is 10.4. The van der Waals surface area contributed by atoms with E-state index in [2.05, 4.69) is 4.98 Å². The third-order valence-electron chi connectivity index (χ3n) is 2.06. The standard InChI is InChI=1S/C11H9FN2OS/c1-16-11-13-6-5-10(15)14(11)9-4-2-3-8(12)7-9/h2-7H,1H3. The summed E-state index contributed by atoms with van der Waals surface area (Å²) in [5.74, 6) is -0.375. The predicted octanol–water partition coefficient (Wildman–Crippen LogP) is 2.09. The number of benzene rings is 1. The Morgan fingerprint density at radius 2 is 2.19 bits per heavy atom. The molecule has 0 atom stereocenters. The molecule has 2 aromatic rings. The second-order valence-electron chi connectivity index (χ2n) is 3.09. The first-order valence-electron chi connectivity index (χ1n) is 4.60. The molecule has 0 aliphatic carbocycles. The molecule has 0 saturated carbocycles.